The summed E-state index contributed by atoms with van der Waals surface area (Å²) in [5.74, 6) is -0.0455. The van der Waals surface area contributed by atoms with E-state index in [1.54, 1.807) is 17.9 Å². The van der Waals surface area contributed by atoms with Crippen molar-refractivity contribution in [3.8, 4) is 0 Å². The van der Waals surface area contributed by atoms with Crippen molar-refractivity contribution in [1.29, 1.82) is 0 Å². The quantitative estimate of drug-likeness (QED) is 0.765. The number of likely N-dealkylation sites (N-methyl/N-ethyl adjacent to an activating group) is 1. The molecule has 0 aliphatic carbocycles. The van der Waals surface area contributed by atoms with Crippen molar-refractivity contribution in [2.45, 2.75) is 19.0 Å². The summed E-state index contributed by atoms with van der Waals surface area (Å²) in [6, 6.07) is 8.26. The van der Waals surface area contributed by atoms with Crippen LogP contribution < -0.4 is 10.6 Å². The SMILES string of the molecule is CNC(C(=O)NCC(c1ccc(C)cc1)N1CCOCC1)c1cnn(C)c1. The highest BCUT2D eigenvalue weighted by Crippen LogP contribution is 2.22. The van der Waals surface area contributed by atoms with Gasteiger partial charge in [-0.3, -0.25) is 14.4 Å². The molecular weight excluding hydrogens is 342 g/mol. The average molecular weight is 371 g/mol. The molecule has 146 valence electrons. The highest BCUT2D eigenvalue weighted by molar-refractivity contribution is 5.83. The fourth-order valence-corrected chi connectivity index (χ4v) is 3.47. The van der Waals surface area contributed by atoms with Gasteiger partial charge in [-0.05, 0) is 19.5 Å². The van der Waals surface area contributed by atoms with Crippen LogP contribution in [0, 0.1) is 6.92 Å². The average Bonchev–Trinajstić information content (AvgIpc) is 3.11. The van der Waals surface area contributed by atoms with Crippen molar-refractivity contribution in [3.63, 3.8) is 0 Å². The maximum atomic E-state index is 12.8. The van der Waals surface area contributed by atoms with Crippen molar-refractivity contribution >= 4 is 5.91 Å². The van der Waals surface area contributed by atoms with Crippen LogP contribution >= 0.6 is 0 Å². The molecule has 1 aromatic carbocycles. The first-order valence-electron chi connectivity index (χ1n) is 9.40. The van der Waals surface area contributed by atoms with Gasteiger partial charge in [0.15, 0.2) is 0 Å². The van der Waals surface area contributed by atoms with Crippen LogP contribution in [0.3, 0.4) is 0 Å². The molecule has 1 aromatic heterocycles. The number of amides is 1. The van der Waals surface area contributed by atoms with Crippen LogP contribution in [0.25, 0.3) is 0 Å². The standard InChI is InChI=1S/C20H29N5O2/c1-15-4-6-16(7-5-15)18(25-8-10-27-11-9-25)13-22-20(26)19(21-2)17-12-23-24(3)14-17/h4-7,12,14,18-19,21H,8-11,13H2,1-3H3,(H,22,26). The molecule has 27 heavy (non-hydrogen) atoms. The molecule has 2 heterocycles. The van der Waals surface area contributed by atoms with Gasteiger partial charge in [0, 0.05) is 38.4 Å². The molecule has 0 radical (unpaired) electrons. The van der Waals surface area contributed by atoms with Gasteiger partial charge in [-0.25, -0.2) is 0 Å². The minimum absolute atomic E-state index is 0.0455. The number of benzene rings is 1. The number of nitrogens with zero attached hydrogens (tertiary/aromatic N) is 3. The van der Waals surface area contributed by atoms with Gasteiger partial charge in [0.1, 0.15) is 6.04 Å². The molecule has 3 rings (SSSR count). The zero-order chi connectivity index (χ0) is 19.2. The molecule has 1 aliphatic rings. The number of rotatable bonds is 7. The maximum absolute atomic E-state index is 12.8. The molecule has 1 aliphatic heterocycles. The molecule has 1 amide bonds. The van der Waals surface area contributed by atoms with Gasteiger partial charge in [-0.2, -0.15) is 5.10 Å². The number of carbonyl (C=O) groups excluding carboxylic acids is 1. The maximum Gasteiger partial charge on any atom is 0.241 e. The summed E-state index contributed by atoms with van der Waals surface area (Å²) in [4.78, 5) is 15.2. The second kappa shape index (κ2) is 9.12. The van der Waals surface area contributed by atoms with Gasteiger partial charge in [-0.1, -0.05) is 29.8 Å². The zero-order valence-electron chi connectivity index (χ0n) is 16.3. The first-order valence-corrected chi connectivity index (χ1v) is 9.40. The Bertz CT molecular complexity index is 737. The lowest BCUT2D eigenvalue weighted by atomic mass is 10.0. The highest BCUT2D eigenvalue weighted by atomic mass is 16.5. The number of aromatic nitrogens is 2. The lowest BCUT2D eigenvalue weighted by molar-refractivity contribution is -0.123. The van der Waals surface area contributed by atoms with Crippen LogP contribution in [0.4, 0.5) is 0 Å². The van der Waals surface area contributed by atoms with Crippen molar-refractivity contribution < 1.29 is 9.53 Å². The number of aryl methyl sites for hydroxylation is 2. The molecule has 1 saturated heterocycles. The van der Waals surface area contributed by atoms with Gasteiger partial charge in [0.05, 0.1) is 25.5 Å². The monoisotopic (exact) mass is 371 g/mol. The smallest absolute Gasteiger partial charge is 0.241 e. The van der Waals surface area contributed by atoms with Crippen LogP contribution in [0.5, 0.6) is 0 Å². The van der Waals surface area contributed by atoms with Gasteiger partial charge >= 0.3 is 0 Å². The van der Waals surface area contributed by atoms with Crippen LogP contribution in [0.15, 0.2) is 36.7 Å². The van der Waals surface area contributed by atoms with Crippen molar-refractivity contribution in [1.82, 2.24) is 25.3 Å². The Labute approximate surface area is 160 Å². The van der Waals surface area contributed by atoms with E-state index in [1.807, 2.05) is 13.2 Å². The third kappa shape index (κ3) is 4.94. The lowest BCUT2D eigenvalue weighted by Crippen LogP contribution is -2.45. The van der Waals surface area contributed by atoms with Crippen molar-refractivity contribution in [3.05, 3.63) is 53.3 Å². The van der Waals surface area contributed by atoms with E-state index in [9.17, 15) is 4.79 Å². The number of morpholine rings is 1. The number of carbonyl (C=O) groups is 1. The number of hydrogen-bond acceptors (Lipinski definition) is 5. The van der Waals surface area contributed by atoms with Crippen LogP contribution in [-0.2, 0) is 16.6 Å². The minimum atomic E-state index is -0.415. The Hall–Kier alpha value is -2.22. The largest absolute Gasteiger partial charge is 0.379 e. The summed E-state index contributed by atoms with van der Waals surface area (Å²) in [6.45, 7) is 5.83. The van der Waals surface area contributed by atoms with Crippen LogP contribution in [0.1, 0.15) is 28.8 Å². The molecule has 1 fully saturated rings. The summed E-state index contributed by atoms with van der Waals surface area (Å²) in [6.07, 6.45) is 3.58. The van der Waals surface area contributed by atoms with Gasteiger partial charge in [0.25, 0.3) is 0 Å². The third-order valence-corrected chi connectivity index (χ3v) is 5.03. The van der Waals surface area contributed by atoms with E-state index in [0.717, 1.165) is 31.9 Å². The Morgan fingerprint density at radius 2 is 1.93 bits per heavy atom. The molecule has 0 saturated carbocycles. The zero-order valence-corrected chi connectivity index (χ0v) is 16.3. The normalized spacial score (nSPS) is 17.4. The second-order valence-corrected chi connectivity index (χ2v) is 6.99. The Kier molecular flexibility index (Phi) is 6.60. The molecule has 2 atom stereocenters. The summed E-state index contributed by atoms with van der Waals surface area (Å²) in [5, 5.41) is 10.4. The molecule has 2 N–H and O–H groups in total. The summed E-state index contributed by atoms with van der Waals surface area (Å²) < 4.78 is 7.20. The first-order chi connectivity index (χ1) is 13.1. The molecular formula is C20H29N5O2. The van der Waals surface area contributed by atoms with E-state index in [4.69, 9.17) is 4.74 Å². The topological polar surface area (TPSA) is 71.4 Å². The third-order valence-electron chi connectivity index (χ3n) is 5.03. The number of hydrogen-bond donors (Lipinski definition) is 2. The summed E-state index contributed by atoms with van der Waals surface area (Å²) >= 11 is 0. The van der Waals surface area contributed by atoms with Gasteiger partial charge in [-0.15, -0.1) is 0 Å². The van der Waals surface area contributed by atoms with E-state index in [0.29, 0.717) is 6.54 Å². The molecule has 0 bridgehead atoms. The fraction of sp³-hybridized carbons (Fsp3) is 0.500. The van der Waals surface area contributed by atoms with E-state index < -0.39 is 6.04 Å². The molecule has 2 aromatic rings. The molecule has 0 spiro atoms. The highest BCUT2D eigenvalue weighted by Gasteiger charge is 2.25. The van der Waals surface area contributed by atoms with Gasteiger partial charge in [0.2, 0.25) is 5.91 Å². The second-order valence-electron chi connectivity index (χ2n) is 6.99. The van der Waals surface area contributed by atoms with Gasteiger partial charge < -0.3 is 15.4 Å². The van der Waals surface area contributed by atoms with Crippen molar-refractivity contribution in [2.75, 3.05) is 39.9 Å². The number of nitrogens with one attached hydrogen (secondary N) is 2. The van der Waals surface area contributed by atoms with E-state index in [1.165, 1.54) is 11.1 Å². The first kappa shape index (κ1) is 19.5. The molecule has 2 unspecified atom stereocenters. The summed E-state index contributed by atoms with van der Waals surface area (Å²) in [5.41, 5.74) is 3.30. The van der Waals surface area contributed by atoms with E-state index >= 15 is 0 Å². The number of ether oxygens (including phenoxy) is 1. The van der Waals surface area contributed by atoms with E-state index in [-0.39, 0.29) is 11.9 Å². The predicted octanol–water partition coefficient (Wildman–Crippen LogP) is 1.18. The Morgan fingerprint density at radius 3 is 2.52 bits per heavy atom. The lowest BCUT2D eigenvalue weighted by Gasteiger charge is -2.35. The minimum Gasteiger partial charge on any atom is -0.379 e. The molecule has 7 nitrogen and oxygen atoms in total. The van der Waals surface area contributed by atoms with Crippen LogP contribution in [-0.4, -0.2) is 60.5 Å². The van der Waals surface area contributed by atoms with Crippen molar-refractivity contribution in [2.24, 2.45) is 7.05 Å². The van der Waals surface area contributed by atoms with E-state index in [2.05, 4.69) is 51.8 Å². The van der Waals surface area contributed by atoms with Crippen LogP contribution in [0.2, 0.25) is 0 Å². The Balaban J connectivity index is 1.71. The summed E-state index contributed by atoms with van der Waals surface area (Å²) in [7, 11) is 3.64. The fourth-order valence-electron chi connectivity index (χ4n) is 3.47. The predicted molar refractivity (Wildman–Crippen MR) is 104 cm³/mol. The Morgan fingerprint density at radius 1 is 1.22 bits per heavy atom. The molecule has 7 heteroatoms.